The van der Waals surface area contributed by atoms with Gasteiger partial charge in [0.05, 0.1) is 0 Å². The normalized spacial score (nSPS) is 10.6. The van der Waals surface area contributed by atoms with Crippen molar-refractivity contribution in [3.8, 4) is 0 Å². The number of amides is 1. The second kappa shape index (κ2) is 9.28. The number of hydrogen-bond donors (Lipinski definition) is 2. The van der Waals surface area contributed by atoms with Gasteiger partial charge in [0.1, 0.15) is 11.5 Å². The molecule has 3 aromatic rings. The van der Waals surface area contributed by atoms with Crippen LogP contribution in [-0.4, -0.2) is 22.4 Å². The average Bonchev–Trinajstić information content (AvgIpc) is 2.70. The molecule has 0 aliphatic rings. The molecule has 1 aromatic heterocycles. The van der Waals surface area contributed by atoms with Gasteiger partial charge in [0.15, 0.2) is 0 Å². The third-order valence-corrected chi connectivity index (χ3v) is 4.68. The molecule has 5 nitrogen and oxygen atoms in total. The van der Waals surface area contributed by atoms with Crippen LogP contribution in [0.15, 0.2) is 48.5 Å². The summed E-state index contributed by atoms with van der Waals surface area (Å²) >= 11 is 0. The summed E-state index contributed by atoms with van der Waals surface area (Å²) in [6.07, 6.45) is 1.53. The summed E-state index contributed by atoms with van der Waals surface area (Å²) in [6, 6.07) is 14.0. The SMILES string of the molecule is CCc1cccc(C)c1NC(=O)c1cc(C)nc(NCCc2ccc(F)cc2)n1. The summed E-state index contributed by atoms with van der Waals surface area (Å²) < 4.78 is 13.0. The van der Waals surface area contributed by atoms with Crippen LogP contribution in [0.3, 0.4) is 0 Å². The summed E-state index contributed by atoms with van der Waals surface area (Å²) in [5, 5.41) is 6.14. The van der Waals surface area contributed by atoms with Crippen LogP contribution in [-0.2, 0) is 12.8 Å². The molecular weight excluding hydrogens is 367 g/mol. The van der Waals surface area contributed by atoms with E-state index in [0.717, 1.165) is 28.8 Å². The fourth-order valence-corrected chi connectivity index (χ4v) is 3.11. The van der Waals surface area contributed by atoms with Crippen molar-refractivity contribution >= 4 is 17.5 Å². The monoisotopic (exact) mass is 392 g/mol. The first-order chi connectivity index (χ1) is 14.0. The molecule has 0 aliphatic carbocycles. The lowest BCUT2D eigenvalue weighted by atomic mass is 10.1. The van der Waals surface area contributed by atoms with Crippen LogP contribution in [0, 0.1) is 19.7 Å². The molecule has 2 N–H and O–H groups in total. The maximum absolute atomic E-state index is 13.0. The largest absolute Gasteiger partial charge is 0.354 e. The van der Waals surface area contributed by atoms with Crippen LogP contribution in [0.4, 0.5) is 16.0 Å². The minimum Gasteiger partial charge on any atom is -0.354 e. The van der Waals surface area contributed by atoms with Crippen molar-refractivity contribution in [2.75, 3.05) is 17.2 Å². The topological polar surface area (TPSA) is 66.9 Å². The van der Waals surface area contributed by atoms with Gasteiger partial charge < -0.3 is 10.6 Å². The highest BCUT2D eigenvalue weighted by atomic mass is 19.1. The number of rotatable bonds is 7. The maximum atomic E-state index is 13.0. The Morgan fingerprint density at radius 3 is 2.55 bits per heavy atom. The predicted molar refractivity (Wildman–Crippen MR) is 114 cm³/mol. The molecule has 6 heteroatoms. The van der Waals surface area contributed by atoms with E-state index in [9.17, 15) is 9.18 Å². The number of para-hydroxylation sites is 1. The lowest BCUT2D eigenvalue weighted by molar-refractivity contribution is 0.102. The van der Waals surface area contributed by atoms with E-state index in [2.05, 4.69) is 27.5 Å². The van der Waals surface area contributed by atoms with Gasteiger partial charge in [-0.2, -0.15) is 0 Å². The van der Waals surface area contributed by atoms with Gasteiger partial charge in [-0.05, 0) is 61.6 Å². The van der Waals surface area contributed by atoms with Gasteiger partial charge in [-0.1, -0.05) is 37.3 Å². The van der Waals surface area contributed by atoms with Crippen LogP contribution < -0.4 is 10.6 Å². The third-order valence-electron chi connectivity index (χ3n) is 4.68. The van der Waals surface area contributed by atoms with Gasteiger partial charge >= 0.3 is 0 Å². The number of carbonyl (C=O) groups is 1. The van der Waals surface area contributed by atoms with Gasteiger partial charge in [-0.3, -0.25) is 4.79 Å². The molecule has 0 radical (unpaired) electrons. The molecule has 150 valence electrons. The molecule has 0 unspecified atom stereocenters. The quantitative estimate of drug-likeness (QED) is 0.611. The van der Waals surface area contributed by atoms with E-state index in [1.54, 1.807) is 18.2 Å². The second-order valence-corrected chi connectivity index (χ2v) is 6.94. The van der Waals surface area contributed by atoms with Crippen molar-refractivity contribution in [3.05, 3.63) is 82.4 Å². The molecule has 3 rings (SSSR count). The number of aromatic nitrogens is 2. The summed E-state index contributed by atoms with van der Waals surface area (Å²) in [5.41, 5.74) is 4.96. The van der Waals surface area contributed by atoms with Crippen molar-refractivity contribution < 1.29 is 9.18 Å². The number of aryl methyl sites for hydroxylation is 3. The highest BCUT2D eigenvalue weighted by molar-refractivity contribution is 6.04. The molecule has 29 heavy (non-hydrogen) atoms. The molecule has 0 saturated carbocycles. The highest BCUT2D eigenvalue weighted by Gasteiger charge is 2.14. The first-order valence-corrected chi connectivity index (χ1v) is 9.70. The van der Waals surface area contributed by atoms with E-state index in [1.165, 1.54) is 12.1 Å². The number of anilines is 2. The van der Waals surface area contributed by atoms with E-state index in [-0.39, 0.29) is 11.7 Å². The van der Waals surface area contributed by atoms with Crippen LogP contribution in [0.1, 0.15) is 39.8 Å². The number of nitrogens with zero attached hydrogens (tertiary/aromatic N) is 2. The van der Waals surface area contributed by atoms with Crippen LogP contribution in [0.2, 0.25) is 0 Å². The van der Waals surface area contributed by atoms with Gasteiger partial charge in [0.25, 0.3) is 5.91 Å². The number of halogens is 1. The molecule has 0 atom stereocenters. The van der Waals surface area contributed by atoms with Crippen LogP contribution in [0.25, 0.3) is 0 Å². The lowest BCUT2D eigenvalue weighted by Crippen LogP contribution is -2.18. The van der Waals surface area contributed by atoms with E-state index >= 15 is 0 Å². The Morgan fingerprint density at radius 1 is 1.07 bits per heavy atom. The number of carbonyl (C=O) groups excluding carboxylic acids is 1. The standard InChI is InChI=1S/C23H25FN4O/c1-4-18-7-5-6-15(2)21(18)28-22(29)20-14-16(3)26-23(27-20)25-13-12-17-8-10-19(24)11-9-17/h5-11,14H,4,12-13H2,1-3H3,(H,28,29)(H,25,26,27). The predicted octanol–water partition coefficient (Wildman–Crippen LogP) is 4.70. The Balaban J connectivity index is 1.70. The molecule has 1 heterocycles. The zero-order valence-corrected chi connectivity index (χ0v) is 16.9. The Hall–Kier alpha value is -3.28. The maximum Gasteiger partial charge on any atom is 0.274 e. The van der Waals surface area contributed by atoms with Gasteiger partial charge in [0.2, 0.25) is 5.95 Å². The zero-order valence-electron chi connectivity index (χ0n) is 16.9. The van der Waals surface area contributed by atoms with E-state index < -0.39 is 0 Å². The van der Waals surface area contributed by atoms with E-state index in [1.807, 2.05) is 32.0 Å². The zero-order chi connectivity index (χ0) is 20.8. The summed E-state index contributed by atoms with van der Waals surface area (Å²) in [6.45, 7) is 6.44. The fourth-order valence-electron chi connectivity index (χ4n) is 3.11. The molecular formula is C23H25FN4O. The molecule has 0 aliphatic heterocycles. The van der Waals surface area contributed by atoms with Crippen LogP contribution >= 0.6 is 0 Å². The third kappa shape index (κ3) is 5.38. The summed E-state index contributed by atoms with van der Waals surface area (Å²) in [4.78, 5) is 21.5. The minimum atomic E-state index is -0.263. The van der Waals surface area contributed by atoms with Gasteiger partial charge in [-0.15, -0.1) is 0 Å². The second-order valence-electron chi connectivity index (χ2n) is 6.94. The summed E-state index contributed by atoms with van der Waals surface area (Å²) in [7, 11) is 0. The van der Waals surface area contributed by atoms with Crippen molar-refractivity contribution in [1.82, 2.24) is 9.97 Å². The Kier molecular flexibility index (Phi) is 6.54. The summed E-state index contributed by atoms with van der Waals surface area (Å²) in [5.74, 6) is -0.113. The lowest BCUT2D eigenvalue weighted by Gasteiger charge is -2.13. The first kappa shape index (κ1) is 20.5. The van der Waals surface area contributed by atoms with Crippen molar-refractivity contribution in [2.24, 2.45) is 0 Å². The minimum absolute atomic E-state index is 0.251. The highest BCUT2D eigenvalue weighted by Crippen LogP contribution is 2.22. The molecule has 2 aromatic carbocycles. The van der Waals surface area contributed by atoms with Gasteiger partial charge in [0, 0.05) is 17.9 Å². The van der Waals surface area contributed by atoms with Crippen molar-refractivity contribution in [1.29, 1.82) is 0 Å². The molecule has 0 fully saturated rings. The van der Waals surface area contributed by atoms with Gasteiger partial charge in [-0.25, -0.2) is 14.4 Å². The molecule has 0 saturated heterocycles. The van der Waals surface area contributed by atoms with E-state index in [4.69, 9.17) is 0 Å². The van der Waals surface area contributed by atoms with E-state index in [0.29, 0.717) is 30.3 Å². The molecule has 0 bridgehead atoms. The Morgan fingerprint density at radius 2 is 1.83 bits per heavy atom. The smallest absolute Gasteiger partial charge is 0.274 e. The average molecular weight is 392 g/mol. The van der Waals surface area contributed by atoms with Crippen molar-refractivity contribution in [3.63, 3.8) is 0 Å². The Labute approximate surface area is 170 Å². The number of hydrogen-bond acceptors (Lipinski definition) is 4. The molecule has 1 amide bonds. The Bertz CT molecular complexity index is 1000. The fraction of sp³-hybridized carbons (Fsp3) is 0.261. The van der Waals surface area contributed by atoms with Crippen molar-refractivity contribution in [2.45, 2.75) is 33.6 Å². The number of nitrogens with one attached hydrogen (secondary N) is 2. The van der Waals surface area contributed by atoms with Crippen LogP contribution in [0.5, 0.6) is 0 Å². The first-order valence-electron chi connectivity index (χ1n) is 9.70. The molecule has 0 spiro atoms. The number of benzene rings is 2.